The van der Waals surface area contributed by atoms with Gasteiger partial charge in [-0.25, -0.2) is 0 Å². The Balaban J connectivity index is 2.01. The van der Waals surface area contributed by atoms with Gasteiger partial charge in [-0.2, -0.15) is 0 Å². The van der Waals surface area contributed by atoms with Crippen molar-refractivity contribution in [2.24, 2.45) is 7.05 Å². The lowest BCUT2D eigenvalue weighted by Crippen LogP contribution is -2.14. The molecule has 5 nitrogen and oxygen atoms in total. The molecular weight excluding hydrogens is 252 g/mol. The molecule has 0 fully saturated rings. The summed E-state index contributed by atoms with van der Waals surface area (Å²) in [5, 5.41) is 11.3. The summed E-state index contributed by atoms with van der Waals surface area (Å²) in [4.78, 5) is 0. The maximum atomic E-state index is 5.87. The molecule has 0 aliphatic heterocycles. The Morgan fingerprint density at radius 3 is 2.90 bits per heavy atom. The maximum absolute atomic E-state index is 5.87. The predicted molar refractivity (Wildman–Crippen MR) is 78.5 cm³/mol. The van der Waals surface area contributed by atoms with E-state index >= 15 is 0 Å². The third-order valence-electron chi connectivity index (χ3n) is 2.98. The fourth-order valence-electron chi connectivity index (χ4n) is 2.00. The van der Waals surface area contributed by atoms with Crippen LogP contribution in [0.3, 0.4) is 0 Å². The van der Waals surface area contributed by atoms with Crippen LogP contribution in [-0.4, -0.2) is 21.5 Å². The lowest BCUT2D eigenvalue weighted by Gasteiger charge is -2.12. The smallest absolute Gasteiger partial charge is 0.134 e. The zero-order valence-corrected chi connectivity index (χ0v) is 12.4. The molecule has 1 aromatic heterocycles. The molecule has 0 aliphatic rings. The lowest BCUT2D eigenvalue weighted by atomic mass is 10.1. The first-order valence-corrected chi connectivity index (χ1v) is 6.97. The molecule has 0 saturated heterocycles. The Bertz CT molecular complexity index is 551. The largest absolute Gasteiger partial charge is 0.487 e. The average Bonchev–Trinajstić information content (AvgIpc) is 2.84. The second-order valence-corrected chi connectivity index (χ2v) is 4.96. The van der Waals surface area contributed by atoms with E-state index in [1.807, 2.05) is 19.3 Å². The van der Waals surface area contributed by atoms with Gasteiger partial charge in [0.2, 0.25) is 0 Å². The normalized spacial score (nSPS) is 10.8. The van der Waals surface area contributed by atoms with Crippen LogP contribution in [-0.2, 0) is 20.2 Å². The van der Waals surface area contributed by atoms with Gasteiger partial charge in [0.05, 0.1) is 6.20 Å². The van der Waals surface area contributed by atoms with Crippen molar-refractivity contribution in [2.75, 3.05) is 6.54 Å². The van der Waals surface area contributed by atoms with Crippen molar-refractivity contribution < 1.29 is 4.74 Å². The van der Waals surface area contributed by atoms with Crippen molar-refractivity contribution in [1.29, 1.82) is 0 Å². The number of hydrogen-bond acceptors (Lipinski definition) is 4. The van der Waals surface area contributed by atoms with Crippen molar-refractivity contribution in [1.82, 2.24) is 20.3 Å². The van der Waals surface area contributed by atoms with Crippen molar-refractivity contribution in [3.05, 3.63) is 41.2 Å². The van der Waals surface area contributed by atoms with Crippen molar-refractivity contribution in [3.63, 3.8) is 0 Å². The molecule has 0 bridgehead atoms. The molecule has 1 N–H and O–H groups in total. The zero-order chi connectivity index (χ0) is 14.4. The van der Waals surface area contributed by atoms with E-state index in [9.17, 15) is 0 Å². The highest BCUT2D eigenvalue weighted by Crippen LogP contribution is 2.21. The van der Waals surface area contributed by atoms with Gasteiger partial charge in [-0.05, 0) is 26.0 Å². The second-order valence-electron chi connectivity index (χ2n) is 4.96. The highest BCUT2D eigenvalue weighted by molar-refractivity contribution is 5.36. The first-order chi connectivity index (χ1) is 9.69. The van der Waals surface area contributed by atoms with Crippen LogP contribution < -0.4 is 10.1 Å². The summed E-state index contributed by atoms with van der Waals surface area (Å²) in [6, 6.07) is 6.25. The van der Waals surface area contributed by atoms with Crippen LogP contribution in [0.15, 0.2) is 24.4 Å². The summed E-state index contributed by atoms with van der Waals surface area (Å²) in [5.74, 6) is 0.907. The number of hydrogen-bond donors (Lipinski definition) is 1. The van der Waals surface area contributed by atoms with E-state index in [-0.39, 0.29) is 0 Å². The van der Waals surface area contributed by atoms with E-state index in [0.29, 0.717) is 6.61 Å². The maximum Gasteiger partial charge on any atom is 0.134 e. The number of nitrogens with zero attached hydrogens (tertiary/aromatic N) is 3. The SMILES string of the molecule is CCCNCc1cc(C)ccc1OCc1cn(C)nn1. The summed E-state index contributed by atoms with van der Waals surface area (Å²) in [6.07, 6.45) is 2.99. The number of aryl methyl sites for hydroxylation is 2. The molecule has 1 heterocycles. The number of benzene rings is 1. The van der Waals surface area contributed by atoms with Crippen molar-refractivity contribution in [2.45, 2.75) is 33.4 Å². The molecule has 2 rings (SSSR count). The molecule has 0 spiro atoms. The van der Waals surface area contributed by atoms with E-state index in [4.69, 9.17) is 4.74 Å². The molecule has 0 saturated carbocycles. The molecule has 0 aliphatic carbocycles. The van der Waals surface area contributed by atoms with Crippen LogP contribution in [0.25, 0.3) is 0 Å². The quantitative estimate of drug-likeness (QED) is 0.786. The van der Waals surface area contributed by atoms with Crippen LogP contribution in [0, 0.1) is 6.92 Å². The molecule has 2 aromatic rings. The summed E-state index contributed by atoms with van der Waals surface area (Å²) >= 11 is 0. The molecule has 0 atom stereocenters. The first kappa shape index (κ1) is 14.5. The Morgan fingerprint density at radius 2 is 2.20 bits per heavy atom. The lowest BCUT2D eigenvalue weighted by molar-refractivity contribution is 0.297. The fourth-order valence-corrected chi connectivity index (χ4v) is 2.00. The Kier molecular flexibility index (Phi) is 5.12. The average molecular weight is 274 g/mol. The van der Waals surface area contributed by atoms with Crippen LogP contribution in [0.2, 0.25) is 0 Å². The molecular formula is C15H22N4O. The van der Waals surface area contributed by atoms with Crippen LogP contribution in [0.5, 0.6) is 5.75 Å². The number of rotatable bonds is 7. The third-order valence-corrected chi connectivity index (χ3v) is 2.98. The highest BCUT2D eigenvalue weighted by Gasteiger charge is 2.06. The molecule has 1 aromatic carbocycles. The van der Waals surface area contributed by atoms with Crippen molar-refractivity contribution >= 4 is 0 Å². The van der Waals surface area contributed by atoms with Gasteiger partial charge >= 0.3 is 0 Å². The monoisotopic (exact) mass is 274 g/mol. The first-order valence-electron chi connectivity index (χ1n) is 6.97. The van der Waals surface area contributed by atoms with Gasteiger partial charge in [0, 0.05) is 19.2 Å². The number of aromatic nitrogens is 3. The van der Waals surface area contributed by atoms with Crippen LogP contribution in [0.1, 0.15) is 30.2 Å². The highest BCUT2D eigenvalue weighted by atomic mass is 16.5. The van der Waals surface area contributed by atoms with E-state index < -0.39 is 0 Å². The van der Waals surface area contributed by atoms with E-state index in [0.717, 1.165) is 31.0 Å². The van der Waals surface area contributed by atoms with Crippen LogP contribution in [0.4, 0.5) is 0 Å². The van der Waals surface area contributed by atoms with Crippen molar-refractivity contribution in [3.8, 4) is 5.75 Å². The Hall–Kier alpha value is -1.88. The van der Waals surface area contributed by atoms with Crippen LogP contribution >= 0.6 is 0 Å². The van der Waals surface area contributed by atoms with E-state index in [1.165, 1.54) is 11.1 Å². The standard InChI is InChI=1S/C15H22N4O/c1-4-7-16-9-13-8-12(2)5-6-15(13)20-11-14-10-19(3)18-17-14/h5-6,8,10,16H,4,7,9,11H2,1-3H3. The number of ether oxygens (including phenoxy) is 1. The van der Waals surface area contributed by atoms with Gasteiger partial charge in [0.25, 0.3) is 0 Å². The minimum absolute atomic E-state index is 0.442. The van der Waals surface area contributed by atoms with Gasteiger partial charge in [0.1, 0.15) is 18.1 Å². The molecule has 108 valence electrons. The fraction of sp³-hybridized carbons (Fsp3) is 0.467. The molecule has 0 amide bonds. The minimum atomic E-state index is 0.442. The second kappa shape index (κ2) is 7.05. The molecule has 0 unspecified atom stereocenters. The summed E-state index contributed by atoms with van der Waals surface area (Å²) in [7, 11) is 1.85. The predicted octanol–water partition coefficient (Wildman–Crippen LogP) is 2.20. The molecule has 20 heavy (non-hydrogen) atoms. The molecule has 5 heteroatoms. The number of nitrogens with one attached hydrogen (secondary N) is 1. The molecule has 0 radical (unpaired) electrons. The zero-order valence-electron chi connectivity index (χ0n) is 12.4. The topological polar surface area (TPSA) is 52.0 Å². The Labute approximate surface area is 120 Å². The summed E-state index contributed by atoms with van der Waals surface area (Å²) in [6.45, 7) is 6.53. The van der Waals surface area contributed by atoms with Gasteiger partial charge in [-0.15, -0.1) is 5.10 Å². The van der Waals surface area contributed by atoms with Gasteiger partial charge < -0.3 is 10.1 Å². The van der Waals surface area contributed by atoms with E-state index in [1.54, 1.807) is 4.68 Å². The van der Waals surface area contributed by atoms with Gasteiger partial charge in [-0.1, -0.05) is 29.8 Å². The third kappa shape index (κ3) is 4.06. The summed E-state index contributed by atoms with van der Waals surface area (Å²) < 4.78 is 7.54. The van der Waals surface area contributed by atoms with Gasteiger partial charge in [-0.3, -0.25) is 4.68 Å². The van der Waals surface area contributed by atoms with Gasteiger partial charge in [0.15, 0.2) is 0 Å². The minimum Gasteiger partial charge on any atom is -0.487 e. The van der Waals surface area contributed by atoms with E-state index in [2.05, 4.69) is 41.6 Å². The summed E-state index contributed by atoms with van der Waals surface area (Å²) in [5.41, 5.74) is 3.26. The Morgan fingerprint density at radius 1 is 1.35 bits per heavy atom.